The van der Waals surface area contributed by atoms with Crippen molar-refractivity contribution >= 4 is 6.34 Å². The molecule has 0 aromatic heterocycles. The average molecular weight is 97.1 g/mol. The van der Waals surface area contributed by atoms with Gasteiger partial charge in [0.05, 0.1) is 6.54 Å². The van der Waals surface area contributed by atoms with Crippen LogP contribution in [0.3, 0.4) is 0 Å². The lowest BCUT2D eigenvalue weighted by molar-refractivity contribution is 0.358. The molecule has 2 heterocycles. The molecule has 38 valence electrons. The minimum Gasteiger partial charge on any atom is -0.340 e. The van der Waals surface area contributed by atoms with Crippen molar-refractivity contribution < 1.29 is 0 Å². The molecule has 3 heteroatoms. The van der Waals surface area contributed by atoms with Crippen molar-refractivity contribution in [3.63, 3.8) is 0 Å². The first-order valence-corrected chi connectivity index (χ1v) is 2.48. The fraction of sp³-hybridized carbons (Fsp3) is 0.750. The summed E-state index contributed by atoms with van der Waals surface area (Å²) in [6.45, 7) is 3.32. The number of fused-ring (bicyclic) bond motifs is 2. The molecule has 2 bridgehead atoms. The van der Waals surface area contributed by atoms with Crippen molar-refractivity contribution in [2.45, 2.75) is 0 Å². The molecule has 0 unspecified atom stereocenters. The minimum absolute atomic E-state index is 1.03. The van der Waals surface area contributed by atoms with Crippen LogP contribution in [0, 0.1) is 0 Å². The molecule has 0 atom stereocenters. The molecule has 2 aliphatic rings. The molecule has 1 saturated heterocycles. The van der Waals surface area contributed by atoms with Crippen LogP contribution in [0.2, 0.25) is 0 Å². The Morgan fingerprint density at radius 2 is 2.43 bits per heavy atom. The van der Waals surface area contributed by atoms with Gasteiger partial charge in [-0.05, 0) is 0 Å². The van der Waals surface area contributed by atoms with E-state index in [1.54, 1.807) is 0 Å². The first kappa shape index (κ1) is 3.29. The molecule has 0 saturated carbocycles. The first-order valence-electron chi connectivity index (χ1n) is 2.48. The molecule has 2 rings (SSSR count). The Morgan fingerprint density at radius 3 is 2.57 bits per heavy atom. The van der Waals surface area contributed by atoms with Crippen LogP contribution < -0.4 is 0 Å². The molecule has 0 aliphatic carbocycles. The van der Waals surface area contributed by atoms with E-state index in [4.69, 9.17) is 0 Å². The van der Waals surface area contributed by atoms with E-state index in [0.29, 0.717) is 0 Å². The summed E-state index contributed by atoms with van der Waals surface area (Å²) in [5.74, 6) is 0. The summed E-state index contributed by atoms with van der Waals surface area (Å²) < 4.78 is 0. The molecule has 7 heavy (non-hydrogen) atoms. The number of nitrogens with zero attached hydrogens (tertiary/aromatic N) is 3. The molecule has 0 radical (unpaired) electrons. The lowest BCUT2D eigenvalue weighted by Gasteiger charge is -2.02. The highest BCUT2D eigenvalue weighted by atomic mass is 15.6. The van der Waals surface area contributed by atoms with Crippen LogP contribution in [-0.4, -0.2) is 36.0 Å². The van der Waals surface area contributed by atoms with Gasteiger partial charge in [-0.1, -0.05) is 0 Å². The molecular weight excluding hydrogens is 90.1 g/mol. The van der Waals surface area contributed by atoms with Gasteiger partial charge in [0.1, 0.15) is 13.0 Å². The summed E-state index contributed by atoms with van der Waals surface area (Å²) in [7, 11) is 0. The van der Waals surface area contributed by atoms with Gasteiger partial charge < -0.3 is 4.90 Å². The second-order valence-electron chi connectivity index (χ2n) is 1.91. The van der Waals surface area contributed by atoms with Gasteiger partial charge in [-0.25, -0.2) is 0 Å². The fourth-order valence-electron chi connectivity index (χ4n) is 0.930. The van der Waals surface area contributed by atoms with Gasteiger partial charge in [-0.2, -0.15) is 5.10 Å². The topological polar surface area (TPSA) is 18.8 Å². The Balaban J connectivity index is 2.27. The fourth-order valence-corrected chi connectivity index (χ4v) is 0.930. The molecule has 1 fully saturated rings. The number of hydrazone groups is 1. The number of hydrogen-bond donors (Lipinski definition) is 0. The maximum Gasteiger partial charge on any atom is 0.113 e. The molecule has 3 nitrogen and oxygen atoms in total. The summed E-state index contributed by atoms with van der Waals surface area (Å²) in [4.78, 5) is 2.19. The SMILES string of the molecule is C1=NN2CCN1C2. The number of rotatable bonds is 0. The van der Waals surface area contributed by atoms with Gasteiger partial charge in [0, 0.05) is 6.54 Å². The van der Waals surface area contributed by atoms with Crippen LogP contribution >= 0.6 is 0 Å². The van der Waals surface area contributed by atoms with Crippen molar-refractivity contribution in [3.05, 3.63) is 0 Å². The summed E-state index contributed by atoms with van der Waals surface area (Å²) in [5, 5.41) is 6.09. The van der Waals surface area contributed by atoms with Crippen molar-refractivity contribution in [1.82, 2.24) is 9.91 Å². The molecule has 0 amide bonds. The predicted octanol–water partition coefficient (Wildman–Crippen LogP) is -0.482. The van der Waals surface area contributed by atoms with Crippen LogP contribution in [0.15, 0.2) is 5.10 Å². The maximum absolute atomic E-state index is 4.04. The van der Waals surface area contributed by atoms with E-state index in [0.717, 1.165) is 13.2 Å². The molecule has 0 spiro atoms. The minimum atomic E-state index is 1.03. The first-order chi connectivity index (χ1) is 3.45. The van der Waals surface area contributed by atoms with Crippen LogP contribution in [0.4, 0.5) is 0 Å². The number of hydrogen-bond acceptors (Lipinski definition) is 3. The van der Waals surface area contributed by atoms with Gasteiger partial charge in [0.15, 0.2) is 0 Å². The lowest BCUT2D eigenvalue weighted by atomic mass is 10.6. The van der Waals surface area contributed by atoms with Gasteiger partial charge in [0.25, 0.3) is 0 Å². The molecular formula is C4H7N3. The summed E-state index contributed by atoms with van der Waals surface area (Å²) >= 11 is 0. The van der Waals surface area contributed by atoms with Crippen molar-refractivity contribution in [3.8, 4) is 0 Å². The molecule has 2 aliphatic heterocycles. The van der Waals surface area contributed by atoms with Crippen LogP contribution in [0.1, 0.15) is 0 Å². The third kappa shape index (κ3) is 0.320. The molecule has 0 aromatic carbocycles. The lowest BCUT2D eigenvalue weighted by Crippen LogP contribution is -2.14. The van der Waals surface area contributed by atoms with E-state index in [1.807, 2.05) is 6.34 Å². The highest BCUT2D eigenvalue weighted by Crippen LogP contribution is 2.07. The average Bonchev–Trinajstić information content (AvgIpc) is 2.22. The largest absolute Gasteiger partial charge is 0.340 e. The van der Waals surface area contributed by atoms with E-state index in [1.165, 1.54) is 6.54 Å². The van der Waals surface area contributed by atoms with Crippen molar-refractivity contribution in [2.75, 3.05) is 19.8 Å². The summed E-state index contributed by atoms with van der Waals surface area (Å²) in [6.07, 6.45) is 1.89. The van der Waals surface area contributed by atoms with Crippen LogP contribution in [0.25, 0.3) is 0 Å². The van der Waals surface area contributed by atoms with E-state index in [2.05, 4.69) is 15.0 Å². The monoisotopic (exact) mass is 97.1 g/mol. The third-order valence-corrected chi connectivity index (χ3v) is 1.37. The Kier molecular flexibility index (Phi) is 0.429. The van der Waals surface area contributed by atoms with Crippen LogP contribution in [-0.2, 0) is 0 Å². The summed E-state index contributed by atoms with van der Waals surface area (Å²) in [5.41, 5.74) is 0. The van der Waals surface area contributed by atoms with E-state index < -0.39 is 0 Å². The van der Waals surface area contributed by atoms with Gasteiger partial charge >= 0.3 is 0 Å². The zero-order valence-electron chi connectivity index (χ0n) is 4.04. The molecule has 0 aromatic rings. The zero-order chi connectivity index (χ0) is 4.69. The highest BCUT2D eigenvalue weighted by molar-refractivity contribution is 5.57. The van der Waals surface area contributed by atoms with Crippen molar-refractivity contribution in [2.24, 2.45) is 5.10 Å². The second kappa shape index (κ2) is 0.911. The third-order valence-electron chi connectivity index (χ3n) is 1.37. The summed E-state index contributed by atoms with van der Waals surface area (Å²) in [6, 6.07) is 0. The second-order valence-corrected chi connectivity index (χ2v) is 1.91. The van der Waals surface area contributed by atoms with Gasteiger partial charge in [-0.3, -0.25) is 5.01 Å². The predicted molar refractivity (Wildman–Crippen MR) is 26.8 cm³/mol. The maximum atomic E-state index is 4.04. The smallest absolute Gasteiger partial charge is 0.113 e. The van der Waals surface area contributed by atoms with Gasteiger partial charge in [-0.15, -0.1) is 0 Å². The van der Waals surface area contributed by atoms with E-state index >= 15 is 0 Å². The van der Waals surface area contributed by atoms with E-state index in [-0.39, 0.29) is 0 Å². The van der Waals surface area contributed by atoms with E-state index in [9.17, 15) is 0 Å². The molecule has 0 N–H and O–H groups in total. The Hall–Kier alpha value is -0.730. The van der Waals surface area contributed by atoms with Crippen molar-refractivity contribution in [1.29, 1.82) is 0 Å². The Morgan fingerprint density at radius 1 is 1.43 bits per heavy atom. The van der Waals surface area contributed by atoms with Gasteiger partial charge in [0.2, 0.25) is 0 Å². The quantitative estimate of drug-likeness (QED) is 0.406. The Labute approximate surface area is 42.2 Å². The highest BCUT2D eigenvalue weighted by Gasteiger charge is 2.20. The van der Waals surface area contributed by atoms with Crippen LogP contribution in [0.5, 0.6) is 0 Å². The normalized spacial score (nSPS) is 25.1. The Bertz CT molecular complexity index is 97.5. The zero-order valence-corrected chi connectivity index (χ0v) is 4.04. The standard InChI is InChI=1S/C4H7N3/c1-2-7-4-6(1)3-5-7/h3H,1-2,4H2.